The quantitative estimate of drug-likeness (QED) is 0.727. The first-order valence-corrected chi connectivity index (χ1v) is 8.92. The summed E-state index contributed by atoms with van der Waals surface area (Å²) in [5, 5.41) is 9.18. The Balaban J connectivity index is 2.73. The Hall–Kier alpha value is -2.04. The van der Waals surface area contributed by atoms with E-state index in [4.69, 9.17) is 18.9 Å². The van der Waals surface area contributed by atoms with E-state index in [1.54, 1.807) is 0 Å². The van der Waals surface area contributed by atoms with Crippen molar-refractivity contribution in [3.05, 3.63) is 11.6 Å². The van der Waals surface area contributed by atoms with E-state index in [0.717, 1.165) is 0 Å². The molecule has 0 spiro atoms. The van der Waals surface area contributed by atoms with E-state index >= 15 is 0 Å². The van der Waals surface area contributed by atoms with Gasteiger partial charge >= 0.3 is 5.97 Å². The molecule has 2 rings (SSSR count). The maximum Gasteiger partial charge on any atom is 0.307 e. The lowest BCUT2D eigenvalue weighted by atomic mass is 10.1. The molecule has 1 aliphatic rings. The molecule has 1 N–H and O–H groups in total. The van der Waals surface area contributed by atoms with E-state index in [1.807, 2.05) is 0 Å². The Morgan fingerprint density at radius 2 is 1.76 bits per heavy atom. The van der Waals surface area contributed by atoms with Crippen LogP contribution in [0.4, 0.5) is 0 Å². The predicted molar refractivity (Wildman–Crippen MR) is 87.0 cm³/mol. The minimum atomic E-state index is -4.01. The summed E-state index contributed by atoms with van der Waals surface area (Å²) in [6.07, 6.45) is -0.504. The molecule has 25 heavy (non-hydrogen) atoms. The van der Waals surface area contributed by atoms with Crippen molar-refractivity contribution in [3.63, 3.8) is 0 Å². The largest absolute Gasteiger partial charge is 0.493 e. The van der Waals surface area contributed by atoms with Crippen molar-refractivity contribution in [2.24, 2.45) is 0 Å². The molecule has 1 aromatic rings. The zero-order valence-corrected chi connectivity index (χ0v) is 15.1. The van der Waals surface area contributed by atoms with Crippen LogP contribution < -0.4 is 14.2 Å². The minimum Gasteiger partial charge on any atom is -0.493 e. The van der Waals surface area contributed by atoms with E-state index in [-0.39, 0.29) is 54.0 Å². The predicted octanol–water partition coefficient (Wildman–Crippen LogP) is 0.360. The average molecular weight is 375 g/mol. The molecule has 1 saturated heterocycles. The van der Waals surface area contributed by atoms with Crippen LogP contribution in [0.3, 0.4) is 0 Å². The van der Waals surface area contributed by atoms with Crippen molar-refractivity contribution in [1.82, 2.24) is 4.31 Å². The molecular formula is C15H21NO8S. The SMILES string of the molecule is COc1cc(CC(=O)O)c(S(=O)(=O)N2CCOCC2)c(OC)c1OC. The molecule has 0 aliphatic carbocycles. The van der Waals surface area contributed by atoms with Gasteiger partial charge in [-0.05, 0) is 11.6 Å². The molecule has 1 heterocycles. The molecule has 0 aromatic heterocycles. The number of benzene rings is 1. The Kier molecular flexibility index (Phi) is 6.09. The number of morpholine rings is 1. The van der Waals surface area contributed by atoms with Crippen molar-refractivity contribution in [3.8, 4) is 17.2 Å². The summed E-state index contributed by atoms with van der Waals surface area (Å²) in [6.45, 7) is 0.880. The van der Waals surface area contributed by atoms with Crippen LogP contribution >= 0.6 is 0 Å². The van der Waals surface area contributed by atoms with Gasteiger partial charge < -0.3 is 24.1 Å². The van der Waals surface area contributed by atoms with Gasteiger partial charge in [0.15, 0.2) is 11.5 Å². The summed E-state index contributed by atoms with van der Waals surface area (Å²) in [5.74, 6) is -0.972. The van der Waals surface area contributed by atoms with E-state index < -0.39 is 22.4 Å². The van der Waals surface area contributed by atoms with Gasteiger partial charge in [-0.3, -0.25) is 4.79 Å². The standard InChI is InChI=1S/C15H21NO8S/c1-21-11-8-10(9-12(17)18)15(14(23-3)13(11)22-2)25(19,20)16-4-6-24-7-5-16/h8H,4-7,9H2,1-3H3,(H,17,18). The molecule has 1 aliphatic heterocycles. The summed E-state index contributed by atoms with van der Waals surface area (Å²) in [7, 11) is 0.00523. The highest BCUT2D eigenvalue weighted by atomic mass is 32.2. The molecule has 1 aromatic carbocycles. The molecule has 140 valence electrons. The minimum absolute atomic E-state index is 0.0634. The van der Waals surface area contributed by atoms with Crippen LogP contribution in [0.1, 0.15) is 5.56 Å². The van der Waals surface area contributed by atoms with Gasteiger partial charge in [0, 0.05) is 13.1 Å². The zero-order chi connectivity index (χ0) is 18.6. The maximum absolute atomic E-state index is 13.1. The number of carbonyl (C=O) groups is 1. The number of methoxy groups -OCH3 is 3. The Bertz CT molecular complexity index is 740. The summed E-state index contributed by atoms with van der Waals surface area (Å²) < 4.78 is 48.4. The fourth-order valence-electron chi connectivity index (χ4n) is 2.67. The van der Waals surface area contributed by atoms with Gasteiger partial charge in [-0.25, -0.2) is 8.42 Å². The summed E-state index contributed by atoms with van der Waals surface area (Å²) in [6, 6.07) is 1.35. The van der Waals surface area contributed by atoms with Crippen molar-refractivity contribution in [1.29, 1.82) is 0 Å². The van der Waals surface area contributed by atoms with Crippen LogP contribution in [-0.2, 0) is 26.0 Å². The first-order chi connectivity index (χ1) is 11.9. The highest BCUT2D eigenvalue weighted by molar-refractivity contribution is 7.89. The number of nitrogens with zero attached hydrogens (tertiary/aromatic N) is 1. The molecule has 0 saturated carbocycles. The lowest BCUT2D eigenvalue weighted by Crippen LogP contribution is -2.41. The fraction of sp³-hybridized carbons (Fsp3) is 0.533. The van der Waals surface area contributed by atoms with Gasteiger partial charge in [-0.1, -0.05) is 0 Å². The Labute approximate surface area is 146 Å². The number of hydrogen-bond acceptors (Lipinski definition) is 7. The van der Waals surface area contributed by atoms with Gasteiger partial charge in [0.05, 0.1) is 41.0 Å². The Morgan fingerprint density at radius 1 is 1.16 bits per heavy atom. The van der Waals surface area contributed by atoms with Crippen LogP contribution in [0.2, 0.25) is 0 Å². The lowest BCUT2D eigenvalue weighted by molar-refractivity contribution is -0.136. The maximum atomic E-state index is 13.1. The number of carboxylic acid groups (broad SMARTS) is 1. The number of carboxylic acids is 1. The van der Waals surface area contributed by atoms with Gasteiger partial charge in [0.25, 0.3) is 0 Å². The molecule has 1 fully saturated rings. The Morgan fingerprint density at radius 3 is 2.24 bits per heavy atom. The van der Waals surface area contributed by atoms with Crippen LogP contribution in [0.5, 0.6) is 17.2 Å². The number of ether oxygens (including phenoxy) is 4. The molecule has 0 unspecified atom stereocenters. The number of hydrogen-bond donors (Lipinski definition) is 1. The third kappa shape index (κ3) is 3.80. The number of sulfonamides is 1. The van der Waals surface area contributed by atoms with Crippen molar-refractivity contribution < 1.29 is 37.3 Å². The molecule has 0 bridgehead atoms. The molecule has 10 heteroatoms. The first kappa shape index (κ1) is 19.3. The van der Waals surface area contributed by atoms with Gasteiger partial charge in [0.2, 0.25) is 15.8 Å². The fourth-order valence-corrected chi connectivity index (χ4v) is 4.43. The van der Waals surface area contributed by atoms with Gasteiger partial charge in [-0.15, -0.1) is 0 Å². The van der Waals surface area contributed by atoms with Crippen LogP contribution in [0, 0.1) is 0 Å². The lowest BCUT2D eigenvalue weighted by Gasteiger charge is -2.28. The zero-order valence-electron chi connectivity index (χ0n) is 14.3. The summed E-state index contributed by atoms with van der Waals surface area (Å²) >= 11 is 0. The summed E-state index contributed by atoms with van der Waals surface area (Å²) in [4.78, 5) is 11.0. The molecular weight excluding hydrogens is 354 g/mol. The van der Waals surface area contributed by atoms with E-state index in [2.05, 4.69) is 0 Å². The summed E-state index contributed by atoms with van der Waals surface area (Å²) in [5.41, 5.74) is 0.0634. The van der Waals surface area contributed by atoms with Crippen LogP contribution in [0.25, 0.3) is 0 Å². The normalized spacial score (nSPS) is 15.6. The second-order valence-corrected chi connectivity index (χ2v) is 7.10. The average Bonchev–Trinajstić information content (AvgIpc) is 2.60. The van der Waals surface area contributed by atoms with E-state index in [0.29, 0.717) is 0 Å². The van der Waals surface area contributed by atoms with E-state index in [9.17, 15) is 18.3 Å². The monoisotopic (exact) mass is 375 g/mol. The third-order valence-electron chi connectivity index (χ3n) is 3.77. The van der Waals surface area contributed by atoms with Gasteiger partial charge in [-0.2, -0.15) is 4.31 Å². The molecule has 9 nitrogen and oxygen atoms in total. The molecule has 0 atom stereocenters. The molecule has 0 radical (unpaired) electrons. The van der Waals surface area contributed by atoms with Crippen molar-refractivity contribution >= 4 is 16.0 Å². The second kappa shape index (κ2) is 7.89. The number of aliphatic carboxylic acids is 1. The smallest absolute Gasteiger partial charge is 0.307 e. The first-order valence-electron chi connectivity index (χ1n) is 7.48. The number of rotatable bonds is 7. The highest BCUT2D eigenvalue weighted by Crippen LogP contribution is 2.45. The van der Waals surface area contributed by atoms with Crippen LogP contribution in [-0.4, -0.2) is 71.4 Å². The third-order valence-corrected chi connectivity index (χ3v) is 5.78. The molecule has 0 amide bonds. The van der Waals surface area contributed by atoms with Crippen LogP contribution in [0.15, 0.2) is 11.0 Å². The van der Waals surface area contributed by atoms with Crippen molar-refractivity contribution in [2.75, 3.05) is 47.6 Å². The topological polar surface area (TPSA) is 112 Å². The second-order valence-electron chi connectivity index (χ2n) is 5.22. The van der Waals surface area contributed by atoms with E-state index in [1.165, 1.54) is 31.7 Å². The van der Waals surface area contributed by atoms with Gasteiger partial charge in [0.1, 0.15) is 4.90 Å². The highest BCUT2D eigenvalue weighted by Gasteiger charge is 2.35. The van der Waals surface area contributed by atoms with Crippen molar-refractivity contribution in [2.45, 2.75) is 11.3 Å².